The molecule has 0 aliphatic rings. The Labute approximate surface area is 171 Å². The quantitative estimate of drug-likeness (QED) is 0.329. The highest BCUT2D eigenvalue weighted by Crippen LogP contribution is 2.34. The highest BCUT2D eigenvalue weighted by atomic mass is 127. The summed E-state index contributed by atoms with van der Waals surface area (Å²) in [6, 6.07) is 17.7. The summed E-state index contributed by atoms with van der Waals surface area (Å²) in [5, 5.41) is 5.10. The molecule has 0 aliphatic carbocycles. The molecule has 0 atom stereocenters. The van der Waals surface area contributed by atoms with E-state index < -0.39 is 0 Å². The highest BCUT2D eigenvalue weighted by Gasteiger charge is 2.17. The molecule has 0 fully saturated rings. The van der Waals surface area contributed by atoms with Crippen LogP contribution in [0.3, 0.4) is 0 Å². The largest absolute Gasteiger partial charge is 1.00 e. The Hall–Kier alpha value is -2.20. The van der Waals surface area contributed by atoms with Gasteiger partial charge in [-0.2, -0.15) is 0 Å². The number of aromatic nitrogens is 1. The van der Waals surface area contributed by atoms with Crippen LogP contribution in [0.25, 0.3) is 38.9 Å². The minimum Gasteiger partial charge on any atom is -1.00 e. The van der Waals surface area contributed by atoms with Gasteiger partial charge < -0.3 is 24.0 Å². The summed E-state index contributed by atoms with van der Waals surface area (Å²) in [7, 11) is 0. The second-order valence-corrected chi connectivity index (χ2v) is 6.85. The lowest BCUT2D eigenvalue weighted by Crippen LogP contribution is -3.00. The highest BCUT2D eigenvalue weighted by molar-refractivity contribution is 6.11. The third-order valence-electron chi connectivity index (χ3n) is 4.97. The first-order valence-corrected chi connectivity index (χ1v) is 8.66. The zero-order valence-corrected chi connectivity index (χ0v) is 17.5. The van der Waals surface area contributed by atoms with Crippen molar-refractivity contribution in [1.29, 1.82) is 0 Å². The standard InChI is InChI=1S/C24H21N.HI/c1-5-19-17(4)12-16(3)14-23(19)24-22-9-7-18-13-15(2)6-8-20(18)21(22)10-11-25-24;/h5-14H,1H2,2-4H3;1H. The van der Waals surface area contributed by atoms with Gasteiger partial charge in [0.25, 0.3) is 0 Å². The smallest absolute Gasteiger partial charge is 0.219 e. The first-order chi connectivity index (χ1) is 12.1. The molecule has 0 saturated carbocycles. The summed E-state index contributed by atoms with van der Waals surface area (Å²) >= 11 is 0. The van der Waals surface area contributed by atoms with Gasteiger partial charge >= 0.3 is 0 Å². The number of rotatable bonds is 2. The number of H-pyrrole nitrogens is 1. The fourth-order valence-corrected chi connectivity index (χ4v) is 3.84. The van der Waals surface area contributed by atoms with Gasteiger partial charge in [-0.25, -0.2) is 4.98 Å². The van der Waals surface area contributed by atoms with Crippen LogP contribution in [-0.4, -0.2) is 0 Å². The Balaban J connectivity index is 0.00000196. The third kappa shape index (κ3) is 3.03. The van der Waals surface area contributed by atoms with E-state index in [0.29, 0.717) is 0 Å². The van der Waals surface area contributed by atoms with Crippen LogP contribution in [-0.2, 0) is 0 Å². The van der Waals surface area contributed by atoms with Crippen molar-refractivity contribution >= 4 is 27.6 Å². The number of halogens is 1. The van der Waals surface area contributed by atoms with E-state index in [4.69, 9.17) is 0 Å². The summed E-state index contributed by atoms with van der Waals surface area (Å²) in [5.74, 6) is 0. The number of fused-ring (bicyclic) bond motifs is 3. The van der Waals surface area contributed by atoms with Crippen molar-refractivity contribution in [3.8, 4) is 11.3 Å². The molecule has 0 bridgehead atoms. The first kappa shape index (κ1) is 18.6. The topological polar surface area (TPSA) is 14.1 Å². The molecule has 0 amide bonds. The molecule has 3 aromatic carbocycles. The fraction of sp³-hybridized carbons (Fsp3) is 0.125. The molecule has 26 heavy (non-hydrogen) atoms. The van der Waals surface area contributed by atoms with Crippen molar-refractivity contribution in [1.82, 2.24) is 0 Å². The van der Waals surface area contributed by atoms with Gasteiger partial charge in [0.15, 0.2) is 6.20 Å². The summed E-state index contributed by atoms with van der Waals surface area (Å²) in [6.45, 7) is 10.5. The number of benzene rings is 3. The molecule has 1 heterocycles. The molecule has 0 radical (unpaired) electrons. The molecule has 1 N–H and O–H groups in total. The molecular formula is C24H22IN. The van der Waals surface area contributed by atoms with Crippen molar-refractivity contribution < 1.29 is 29.0 Å². The molecule has 1 aromatic heterocycles. The fourth-order valence-electron chi connectivity index (χ4n) is 3.84. The second kappa shape index (κ2) is 7.20. The van der Waals surface area contributed by atoms with E-state index in [9.17, 15) is 0 Å². The van der Waals surface area contributed by atoms with Gasteiger partial charge in [-0.15, -0.1) is 0 Å². The molecule has 1 nitrogen and oxygen atoms in total. The van der Waals surface area contributed by atoms with Crippen molar-refractivity contribution in [3.63, 3.8) is 0 Å². The van der Waals surface area contributed by atoms with Gasteiger partial charge in [0.2, 0.25) is 5.69 Å². The normalized spacial score (nSPS) is 10.7. The van der Waals surface area contributed by atoms with E-state index in [1.165, 1.54) is 49.4 Å². The summed E-state index contributed by atoms with van der Waals surface area (Å²) < 4.78 is 0. The zero-order valence-electron chi connectivity index (χ0n) is 15.4. The first-order valence-electron chi connectivity index (χ1n) is 8.66. The van der Waals surface area contributed by atoms with Gasteiger partial charge in [0.05, 0.1) is 10.9 Å². The molecule has 4 rings (SSSR count). The Morgan fingerprint density at radius 2 is 1.58 bits per heavy atom. The van der Waals surface area contributed by atoms with E-state index in [2.05, 4.69) is 80.9 Å². The Morgan fingerprint density at radius 1 is 0.808 bits per heavy atom. The Morgan fingerprint density at radius 3 is 2.35 bits per heavy atom. The van der Waals surface area contributed by atoms with E-state index in [1.54, 1.807) is 0 Å². The lowest BCUT2D eigenvalue weighted by Gasteiger charge is -2.11. The van der Waals surface area contributed by atoms with E-state index in [0.717, 1.165) is 5.69 Å². The number of nitrogens with one attached hydrogen (secondary N) is 1. The molecular weight excluding hydrogens is 429 g/mol. The molecule has 0 spiro atoms. The predicted molar refractivity (Wildman–Crippen MR) is 108 cm³/mol. The maximum atomic E-state index is 4.03. The second-order valence-electron chi connectivity index (χ2n) is 6.85. The minimum atomic E-state index is 0. The third-order valence-corrected chi connectivity index (χ3v) is 4.97. The number of hydrogen-bond donors (Lipinski definition) is 0. The monoisotopic (exact) mass is 451 g/mol. The molecule has 4 aromatic rings. The molecule has 0 unspecified atom stereocenters. The van der Waals surface area contributed by atoms with Crippen LogP contribution in [0.2, 0.25) is 0 Å². The summed E-state index contributed by atoms with van der Waals surface area (Å²) in [4.78, 5) is 3.49. The number of aromatic amines is 1. The minimum absolute atomic E-state index is 0. The lowest BCUT2D eigenvalue weighted by atomic mass is 9.92. The van der Waals surface area contributed by atoms with Gasteiger partial charge in [-0.05, 0) is 60.4 Å². The van der Waals surface area contributed by atoms with Crippen LogP contribution in [0.15, 0.2) is 61.3 Å². The van der Waals surface area contributed by atoms with Crippen LogP contribution in [0.5, 0.6) is 0 Å². The van der Waals surface area contributed by atoms with Crippen LogP contribution in [0, 0.1) is 20.8 Å². The molecule has 130 valence electrons. The molecule has 2 heteroatoms. The van der Waals surface area contributed by atoms with E-state index >= 15 is 0 Å². The summed E-state index contributed by atoms with van der Waals surface area (Å²) in [5.41, 5.74) is 7.37. The Bertz CT molecular complexity index is 1140. The van der Waals surface area contributed by atoms with Gasteiger partial charge in [-0.1, -0.05) is 48.6 Å². The molecule has 0 saturated heterocycles. The number of pyridine rings is 1. The SMILES string of the molecule is C=Cc1c(C)cc(C)cc1-c1[nH+]ccc2c1ccc1cc(C)ccc12.[I-]. The Kier molecular flexibility index (Phi) is 5.15. The van der Waals surface area contributed by atoms with Crippen molar-refractivity contribution in [2.75, 3.05) is 0 Å². The maximum Gasteiger partial charge on any atom is 0.219 e. The number of aryl methyl sites for hydroxylation is 3. The van der Waals surface area contributed by atoms with Crippen molar-refractivity contribution in [3.05, 3.63) is 83.6 Å². The zero-order chi connectivity index (χ0) is 17.6. The lowest BCUT2D eigenvalue weighted by molar-refractivity contribution is -0.362. The van der Waals surface area contributed by atoms with Crippen molar-refractivity contribution in [2.45, 2.75) is 20.8 Å². The average Bonchev–Trinajstić information content (AvgIpc) is 2.60. The van der Waals surface area contributed by atoms with Gasteiger partial charge in [-0.3, -0.25) is 0 Å². The van der Waals surface area contributed by atoms with Gasteiger partial charge in [0.1, 0.15) is 0 Å². The van der Waals surface area contributed by atoms with E-state index in [1.807, 2.05) is 12.3 Å². The maximum absolute atomic E-state index is 4.03. The van der Waals surface area contributed by atoms with Crippen LogP contribution in [0.1, 0.15) is 22.3 Å². The van der Waals surface area contributed by atoms with Gasteiger partial charge in [0, 0.05) is 11.5 Å². The number of hydrogen-bond acceptors (Lipinski definition) is 0. The van der Waals surface area contributed by atoms with E-state index in [-0.39, 0.29) is 24.0 Å². The van der Waals surface area contributed by atoms with Crippen LogP contribution < -0.4 is 29.0 Å². The average molecular weight is 451 g/mol. The molecule has 0 aliphatic heterocycles. The van der Waals surface area contributed by atoms with Crippen molar-refractivity contribution in [2.24, 2.45) is 0 Å². The van der Waals surface area contributed by atoms with Crippen LogP contribution >= 0.6 is 0 Å². The predicted octanol–water partition coefficient (Wildman–Crippen LogP) is 3.05. The van der Waals surface area contributed by atoms with Crippen LogP contribution in [0.4, 0.5) is 0 Å². The summed E-state index contributed by atoms with van der Waals surface area (Å²) in [6.07, 6.45) is 4.00.